The van der Waals surface area contributed by atoms with Crippen LogP contribution in [0.1, 0.15) is 30.0 Å². The van der Waals surface area contributed by atoms with E-state index in [-0.39, 0.29) is 6.04 Å². The Morgan fingerprint density at radius 3 is 2.75 bits per heavy atom. The first-order valence-electron chi connectivity index (χ1n) is 8.96. The van der Waals surface area contributed by atoms with Crippen LogP contribution in [0.4, 0.5) is 5.82 Å². The number of rotatable bonds is 4. The van der Waals surface area contributed by atoms with Crippen LogP contribution in [0.3, 0.4) is 0 Å². The number of hydrogen-bond acceptors (Lipinski definition) is 4. The number of anilines is 1. The van der Waals surface area contributed by atoms with Gasteiger partial charge in [0.25, 0.3) is 0 Å². The van der Waals surface area contributed by atoms with Gasteiger partial charge in [0.1, 0.15) is 23.4 Å². The Labute approximate surface area is 173 Å². The molecule has 142 valence electrons. The zero-order chi connectivity index (χ0) is 19.7. The maximum atomic E-state index is 9.50. The van der Waals surface area contributed by atoms with Crippen LogP contribution in [-0.4, -0.2) is 16.1 Å². The molecule has 7 heteroatoms. The Morgan fingerprint density at radius 1 is 1.18 bits per heavy atom. The maximum Gasteiger partial charge on any atom is 0.146 e. The lowest BCUT2D eigenvalue weighted by Crippen LogP contribution is -2.24. The molecule has 0 bridgehead atoms. The zero-order valence-electron chi connectivity index (χ0n) is 15.3. The van der Waals surface area contributed by atoms with Gasteiger partial charge in [0.05, 0.1) is 29.2 Å². The second-order valence-electron chi connectivity index (χ2n) is 6.76. The van der Waals surface area contributed by atoms with E-state index in [0.29, 0.717) is 27.1 Å². The molecule has 2 aromatic carbocycles. The number of nitriles is 1. The second-order valence-corrected chi connectivity index (χ2v) is 7.60. The molecule has 0 aliphatic carbocycles. The molecule has 0 N–H and O–H groups in total. The predicted octanol–water partition coefficient (Wildman–Crippen LogP) is 5.73. The van der Waals surface area contributed by atoms with E-state index in [1.54, 1.807) is 30.6 Å². The summed E-state index contributed by atoms with van der Waals surface area (Å²) in [4.78, 5) is 6.58. The number of benzene rings is 2. The van der Waals surface area contributed by atoms with E-state index in [9.17, 15) is 5.26 Å². The molecule has 1 unspecified atom stereocenters. The molecule has 28 heavy (non-hydrogen) atoms. The highest BCUT2D eigenvalue weighted by Gasteiger charge is 2.28. The first kappa shape index (κ1) is 18.7. The summed E-state index contributed by atoms with van der Waals surface area (Å²) in [6.07, 6.45) is 5.81. The first-order chi connectivity index (χ1) is 13.6. The molecule has 3 aromatic rings. The van der Waals surface area contributed by atoms with E-state index in [1.165, 1.54) is 0 Å². The fourth-order valence-electron chi connectivity index (χ4n) is 3.61. The van der Waals surface area contributed by atoms with Crippen molar-refractivity contribution >= 4 is 29.0 Å². The monoisotopic (exact) mass is 412 g/mol. The molecule has 5 nitrogen and oxygen atoms in total. The normalized spacial score (nSPS) is 16.2. The molecular formula is C21H18Cl2N4O. The smallest absolute Gasteiger partial charge is 0.146 e. The summed E-state index contributed by atoms with van der Waals surface area (Å²) in [7, 11) is 1.99. The summed E-state index contributed by atoms with van der Waals surface area (Å²) in [5.74, 6) is 2.03. The summed E-state index contributed by atoms with van der Waals surface area (Å²) < 4.78 is 8.01. The third kappa shape index (κ3) is 3.54. The van der Waals surface area contributed by atoms with Crippen LogP contribution < -0.4 is 9.64 Å². The predicted molar refractivity (Wildman–Crippen MR) is 110 cm³/mol. The van der Waals surface area contributed by atoms with Crippen LogP contribution in [0.2, 0.25) is 10.0 Å². The van der Waals surface area contributed by atoms with Gasteiger partial charge in [0, 0.05) is 18.6 Å². The third-order valence-electron chi connectivity index (χ3n) is 4.96. The lowest BCUT2D eigenvalue weighted by molar-refractivity contribution is 0.479. The number of halogens is 2. The van der Waals surface area contributed by atoms with Crippen molar-refractivity contribution < 1.29 is 4.74 Å². The van der Waals surface area contributed by atoms with E-state index in [0.717, 1.165) is 30.8 Å². The van der Waals surface area contributed by atoms with Crippen molar-refractivity contribution in [3.63, 3.8) is 0 Å². The molecule has 1 atom stereocenters. The van der Waals surface area contributed by atoms with Crippen molar-refractivity contribution in [2.24, 2.45) is 7.05 Å². The minimum Gasteiger partial charge on any atom is -0.454 e. The quantitative estimate of drug-likeness (QED) is 0.548. The molecule has 1 aromatic heterocycles. The molecular weight excluding hydrogens is 395 g/mol. The number of aryl methyl sites for hydroxylation is 1. The lowest BCUT2D eigenvalue weighted by atomic mass is 10.0. The Balaban J connectivity index is 1.68. The van der Waals surface area contributed by atoms with E-state index in [4.69, 9.17) is 27.9 Å². The zero-order valence-corrected chi connectivity index (χ0v) is 16.8. The minimum atomic E-state index is 0.200. The summed E-state index contributed by atoms with van der Waals surface area (Å²) >= 11 is 12.2. The van der Waals surface area contributed by atoms with Gasteiger partial charge in [-0.25, -0.2) is 4.98 Å². The van der Waals surface area contributed by atoms with Gasteiger partial charge >= 0.3 is 0 Å². The van der Waals surface area contributed by atoms with Crippen LogP contribution in [0.15, 0.2) is 48.9 Å². The van der Waals surface area contributed by atoms with Gasteiger partial charge in [-0.3, -0.25) is 0 Å². The molecule has 4 rings (SSSR count). The van der Waals surface area contributed by atoms with Gasteiger partial charge in [-0.1, -0.05) is 29.3 Å². The number of hydrogen-bond donors (Lipinski definition) is 0. The van der Waals surface area contributed by atoms with E-state index in [1.807, 2.05) is 29.9 Å². The minimum absolute atomic E-state index is 0.200. The van der Waals surface area contributed by atoms with Crippen LogP contribution in [-0.2, 0) is 7.05 Å². The van der Waals surface area contributed by atoms with Crippen molar-refractivity contribution in [3.8, 4) is 17.6 Å². The molecule has 0 spiro atoms. The van der Waals surface area contributed by atoms with Crippen molar-refractivity contribution in [3.05, 3.63) is 70.1 Å². The average Bonchev–Trinajstić information content (AvgIpc) is 3.32. The fraction of sp³-hybridized carbons (Fsp3) is 0.238. The number of ether oxygens (including phenoxy) is 1. The molecule has 1 aliphatic heterocycles. The Kier molecular flexibility index (Phi) is 5.17. The van der Waals surface area contributed by atoms with Crippen molar-refractivity contribution in [2.45, 2.75) is 18.9 Å². The molecule has 1 fully saturated rings. The highest BCUT2D eigenvalue weighted by atomic mass is 35.5. The SMILES string of the molecule is Cn1cncc1N1CCCC1c1ccc(C#N)c(Oc2ccc(Cl)cc2Cl)c1. The summed E-state index contributed by atoms with van der Waals surface area (Å²) in [6.45, 7) is 0.962. The molecule has 1 saturated heterocycles. The fourth-order valence-corrected chi connectivity index (χ4v) is 4.06. The van der Waals surface area contributed by atoms with E-state index >= 15 is 0 Å². The van der Waals surface area contributed by atoms with Crippen molar-refractivity contribution in [1.82, 2.24) is 9.55 Å². The highest BCUT2D eigenvalue weighted by molar-refractivity contribution is 6.35. The van der Waals surface area contributed by atoms with Gasteiger partial charge in [0.15, 0.2) is 0 Å². The van der Waals surface area contributed by atoms with Gasteiger partial charge in [0.2, 0.25) is 0 Å². The standard InChI is InChI=1S/C21H18Cl2N4O/c1-26-13-25-12-21(26)27-8-2-3-18(27)14-4-5-15(11-24)20(9-14)28-19-7-6-16(22)10-17(19)23/h4-7,9-10,12-13,18H,2-3,8H2,1H3. The Bertz CT molecular complexity index is 1060. The summed E-state index contributed by atoms with van der Waals surface area (Å²) in [6, 6.07) is 13.2. The third-order valence-corrected chi connectivity index (χ3v) is 5.49. The summed E-state index contributed by atoms with van der Waals surface area (Å²) in [5.41, 5.74) is 1.55. The van der Waals surface area contributed by atoms with Crippen LogP contribution in [0.25, 0.3) is 0 Å². The first-order valence-corrected chi connectivity index (χ1v) is 9.72. The molecule has 2 heterocycles. The topological polar surface area (TPSA) is 54.1 Å². The molecule has 0 radical (unpaired) electrons. The van der Waals surface area contributed by atoms with Crippen LogP contribution in [0, 0.1) is 11.3 Å². The lowest BCUT2D eigenvalue weighted by Gasteiger charge is -2.27. The summed E-state index contributed by atoms with van der Waals surface area (Å²) in [5, 5.41) is 10.4. The number of nitrogens with zero attached hydrogens (tertiary/aromatic N) is 4. The number of imidazole rings is 1. The van der Waals surface area contributed by atoms with E-state index < -0.39 is 0 Å². The average molecular weight is 413 g/mol. The van der Waals surface area contributed by atoms with Gasteiger partial charge < -0.3 is 14.2 Å². The maximum absolute atomic E-state index is 9.50. The van der Waals surface area contributed by atoms with E-state index in [2.05, 4.69) is 16.0 Å². The largest absolute Gasteiger partial charge is 0.454 e. The highest BCUT2D eigenvalue weighted by Crippen LogP contribution is 2.39. The number of aromatic nitrogens is 2. The van der Waals surface area contributed by atoms with Crippen molar-refractivity contribution in [2.75, 3.05) is 11.4 Å². The Morgan fingerprint density at radius 2 is 2.04 bits per heavy atom. The van der Waals surface area contributed by atoms with Gasteiger partial charge in [-0.15, -0.1) is 0 Å². The van der Waals surface area contributed by atoms with Crippen LogP contribution >= 0.6 is 23.2 Å². The van der Waals surface area contributed by atoms with Gasteiger partial charge in [-0.2, -0.15) is 5.26 Å². The van der Waals surface area contributed by atoms with Gasteiger partial charge in [-0.05, 0) is 48.7 Å². The second kappa shape index (κ2) is 7.75. The van der Waals surface area contributed by atoms with Crippen LogP contribution in [0.5, 0.6) is 11.5 Å². The molecule has 0 amide bonds. The molecule has 1 aliphatic rings. The van der Waals surface area contributed by atoms with Crippen molar-refractivity contribution in [1.29, 1.82) is 5.26 Å². The molecule has 0 saturated carbocycles. The Hall–Kier alpha value is -2.68.